The Balaban J connectivity index is 3.19. The van der Waals surface area contributed by atoms with Gasteiger partial charge in [0.2, 0.25) is 0 Å². The number of rotatable bonds is 10. The van der Waals surface area contributed by atoms with E-state index in [1.54, 1.807) is 0 Å². The van der Waals surface area contributed by atoms with Crippen LogP contribution in [-0.2, 0) is 12.8 Å². The van der Waals surface area contributed by atoms with E-state index in [2.05, 4.69) is 18.8 Å². The Labute approximate surface area is 131 Å². The van der Waals surface area contributed by atoms with Crippen molar-refractivity contribution in [1.82, 2.24) is 4.98 Å². The molecule has 22 heavy (non-hydrogen) atoms. The number of nitrogens with zero attached hydrogens (tertiary/aromatic N) is 1. The molecule has 1 heterocycles. The van der Waals surface area contributed by atoms with E-state index in [1.807, 2.05) is 0 Å². The van der Waals surface area contributed by atoms with Gasteiger partial charge < -0.3 is 19.8 Å². The molecule has 0 unspecified atom stereocenters. The molecule has 5 nitrogen and oxygen atoms in total. The summed E-state index contributed by atoms with van der Waals surface area (Å²) in [5.41, 5.74) is 0.793. The first-order valence-electron chi connectivity index (χ1n) is 7.96. The average Bonchev–Trinajstić information content (AvgIpc) is 2.48. The monoisotopic (exact) mass is 305 g/mol. The maximum atomic E-state index is 11.3. The van der Waals surface area contributed by atoms with Crippen molar-refractivity contribution in [3.8, 4) is 0 Å². The molecule has 1 aromatic rings. The topological polar surface area (TPSA) is 93.2 Å². The van der Waals surface area contributed by atoms with Crippen LogP contribution in [0, 0.1) is 0 Å². The third kappa shape index (κ3) is 5.13. The first-order valence-corrected chi connectivity index (χ1v) is 7.96. The number of hydrogen-bond donors (Lipinski definition) is 0. The molecular weight excluding hydrogens is 282 g/mol. The largest absolute Gasteiger partial charge is 0.543 e. The van der Waals surface area contributed by atoms with Crippen molar-refractivity contribution in [1.29, 1.82) is 0 Å². The molecule has 0 bridgehead atoms. The van der Waals surface area contributed by atoms with Crippen LogP contribution >= 0.6 is 0 Å². The number of hydrogen-bond acceptors (Lipinski definition) is 5. The van der Waals surface area contributed by atoms with Crippen molar-refractivity contribution in [3.05, 3.63) is 28.6 Å². The number of aryl methyl sites for hydroxylation is 1. The molecule has 0 radical (unpaired) electrons. The van der Waals surface area contributed by atoms with Crippen molar-refractivity contribution in [2.45, 2.75) is 65.2 Å². The second kappa shape index (κ2) is 9.18. The summed E-state index contributed by atoms with van der Waals surface area (Å²) >= 11 is 0. The summed E-state index contributed by atoms with van der Waals surface area (Å²) in [6, 6.07) is 1.46. The zero-order valence-electron chi connectivity index (χ0n) is 13.3. The molecular formula is C17H23NO4-2. The minimum Gasteiger partial charge on any atom is -0.543 e. The maximum Gasteiger partial charge on any atom is 0.0903 e. The van der Waals surface area contributed by atoms with Crippen molar-refractivity contribution in [2.24, 2.45) is 0 Å². The molecule has 5 heteroatoms. The van der Waals surface area contributed by atoms with Gasteiger partial charge in [0, 0.05) is 0 Å². The Morgan fingerprint density at radius 2 is 1.55 bits per heavy atom. The van der Waals surface area contributed by atoms with E-state index >= 15 is 0 Å². The van der Waals surface area contributed by atoms with Gasteiger partial charge in [0.1, 0.15) is 0 Å². The van der Waals surface area contributed by atoms with E-state index in [9.17, 15) is 19.8 Å². The third-order valence-electron chi connectivity index (χ3n) is 3.70. The van der Waals surface area contributed by atoms with Crippen LogP contribution in [0.2, 0.25) is 0 Å². The summed E-state index contributed by atoms with van der Waals surface area (Å²) < 4.78 is 0. The number of aromatic carboxylic acids is 2. The average molecular weight is 305 g/mol. The van der Waals surface area contributed by atoms with Gasteiger partial charge in [-0.25, -0.2) is 4.98 Å². The van der Waals surface area contributed by atoms with Gasteiger partial charge in [-0.05, 0) is 42.9 Å². The van der Waals surface area contributed by atoms with Gasteiger partial charge in [-0.15, -0.1) is 0 Å². The molecule has 0 atom stereocenters. The number of carboxylic acids is 2. The van der Waals surface area contributed by atoms with E-state index in [-0.39, 0.29) is 11.4 Å². The summed E-state index contributed by atoms with van der Waals surface area (Å²) in [7, 11) is 0. The lowest BCUT2D eigenvalue weighted by Gasteiger charge is -2.17. The fourth-order valence-electron chi connectivity index (χ4n) is 2.52. The summed E-state index contributed by atoms with van der Waals surface area (Å²) in [5.74, 6) is -2.88. The molecule has 0 saturated heterocycles. The van der Waals surface area contributed by atoms with Gasteiger partial charge in [0.25, 0.3) is 0 Å². The standard InChI is InChI=1S/C17H25NO4/c1-3-5-7-9-12-11-14(16(19)20)18-15(17(21)22)13(12)10-8-6-4-2/h11H,3-10H2,1-2H3,(H,19,20)(H,21,22)/p-2. The third-order valence-corrected chi connectivity index (χ3v) is 3.70. The first kappa shape index (κ1) is 18.1. The summed E-state index contributed by atoms with van der Waals surface area (Å²) in [5, 5.41) is 22.4. The second-order valence-corrected chi connectivity index (χ2v) is 5.48. The highest BCUT2D eigenvalue weighted by molar-refractivity contribution is 5.89. The smallest absolute Gasteiger partial charge is 0.0903 e. The quantitative estimate of drug-likeness (QED) is 0.607. The Hall–Kier alpha value is -1.91. The van der Waals surface area contributed by atoms with Crippen molar-refractivity contribution >= 4 is 11.9 Å². The summed E-state index contributed by atoms with van der Waals surface area (Å²) in [6.07, 6.45) is 7.04. The number of aromatic nitrogens is 1. The molecule has 0 aliphatic carbocycles. The lowest BCUT2D eigenvalue weighted by molar-refractivity contribution is -0.255. The lowest BCUT2D eigenvalue weighted by atomic mass is 9.95. The zero-order valence-corrected chi connectivity index (χ0v) is 13.3. The maximum absolute atomic E-state index is 11.3. The van der Waals surface area contributed by atoms with Gasteiger partial charge in [0.15, 0.2) is 0 Å². The Morgan fingerprint density at radius 3 is 2.05 bits per heavy atom. The molecule has 1 rings (SSSR count). The highest BCUT2D eigenvalue weighted by atomic mass is 16.4. The van der Waals surface area contributed by atoms with E-state index < -0.39 is 11.9 Å². The van der Waals surface area contributed by atoms with Crippen LogP contribution in [0.15, 0.2) is 6.07 Å². The Kier molecular flexibility index (Phi) is 7.57. The number of carbonyl (C=O) groups is 2. The molecule has 0 fully saturated rings. The van der Waals surface area contributed by atoms with Gasteiger partial charge in [-0.1, -0.05) is 39.5 Å². The van der Waals surface area contributed by atoms with Crippen LogP contribution in [0.25, 0.3) is 0 Å². The lowest BCUT2D eigenvalue weighted by Crippen LogP contribution is -2.30. The minimum absolute atomic E-state index is 0.246. The molecule has 1 aromatic heterocycles. The first-order chi connectivity index (χ1) is 10.5. The Morgan fingerprint density at radius 1 is 0.955 bits per heavy atom. The van der Waals surface area contributed by atoms with Gasteiger partial charge in [-0.3, -0.25) is 0 Å². The van der Waals surface area contributed by atoms with E-state index in [1.165, 1.54) is 6.07 Å². The second-order valence-electron chi connectivity index (χ2n) is 5.48. The molecule has 0 aliphatic heterocycles. The van der Waals surface area contributed by atoms with Gasteiger partial charge in [-0.2, -0.15) is 0 Å². The van der Waals surface area contributed by atoms with E-state index in [0.717, 1.165) is 44.1 Å². The molecule has 0 amide bonds. The molecule has 0 aromatic carbocycles. The molecule has 122 valence electrons. The minimum atomic E-state index is -1.46. The zero-order chi connectivity index (χ0) is 16.5. The van der Waals surface area contributed by atoms with Gasteiger partial charge >= 0.3 is 0 Å². The van der Waals surface area contributed by atoms with Crippen LogP contribution in [0.5, 0.6) is 0 Å². The van der Waals surface area contributed by atoms with E-state index in [4.69, 9.17) is 0 Å². The SMILES string of the molecule is CCCCCc1cc(C(=O)[O-])nc(C(=O)[O-])c1CCCCC. The van der Waals surface area contributed by atoms with Crippen molar-refractivity contribution < 1.29 is 19.8 Å². The van der Waals surface area contributed by atoms with Crippen LogP contribution < -0.4 is 10.2 Å². The Bertz CT molecular complexity index is 526. The highest BCUT2D eigenvalue weighted by Crippen LogP contribution is 2.20. The number of unbranched alkanes of at least 4 members (excludes halogenated alkanes) is 4. The fraction of sp³-hybridized carbons (Fsp3) is 0.588. The highest BCUT2D eigenvalue weighted by Gasteiger charge is 2.14. The number of carboxylic acid groups (broad SMARTS) is 2. The van der Waals surface area contributed by atoms with Gasteiger partial charge in [0.05, 0.1) is 23.3 Å². The van der Waals surface area contributed by atoms with Crippen molar-refractivity contribution in [3.63, 3.8) is 0 Å². The predicted molar refractivity (Wildman–Crippen MR) is 79.4 cm³/mol. The van der Waals surface area contributed by atoms with Crippen LogP contribution in [0.1, 0.15) is 84.5 Å². The summed E-state index contributed by atoms with van der Waals surface area (Å²) in [4.78, 5) is 26.1. The fourth-order valence-corrected chi connectivity index (χ4v) is 2.52. The number of carbonyl (C=O) groups excluding carboxylic acids is 2. The van der Waals surface area contributed by atoms with Crippen LogP contribution in [-0.4, -0.2) is 16.9 Å². The van der Waals surface area contributed by atoms with E-state index in [0.29, 0.717) is 18.4 Å². The number of pyridine rings is 1. The van der Waals surface area contributed by atoms with Crippen LogP contribution in [0.4, 0.5) is 0 Å². The molecule has 0 spiro atoms. The predicted octanol–water partition coefficient (Wildman–Crippen LogP) is 1.27. The summed E-state index contributed by atoms with van der Waals surface area (Å²) in [6.45, 7) is 4.15. The normalized spacial score (nSPS) is 10.6. The molecule has 0 N–H and O–H groups in total. The molecule has 0 saturated carbocycles. The van der Waals surface area contributed by atoms with Crippen molar-refractivity contribution in [2.75, 3.05) is 0 Å². The molecule has 0 aliphatic rings. The van der Waals surface area contributed by atoms with Crippen LogP contribution in [0.3, 0.4) is 0 Å².